The quantitative estimate of drug-likeness (QED) is 0.786. The van der Waals surface area contributed by atoms with Gasteiger partial charge in [0, 0.05) is 18.7 Å². The van der Waals surface area contributed by atoms with E-state index in [0.29, 0.717) is 30.0 Å². The van der Waals surface area contributed by atoms with Gasteiger partial charge in [0.15, 0.2) is 0 Å². The van der Waals surface area contributed by atoms with Crippen LogP contribution in [0.4, 0.5) is 5.69 Å². The van der Waals surface area contributed by atoms with Crippen molar-refractivity contribution in [1.29, 1.82) is 0 Å². The van der Waals surface area contributed by atoms with Crippen LogP contribution in [0.1, 0.15) is 36.0 Å². The minimum atomic E-state index is -0.851. The van der Waals surface area contributed by atoms with Gasteiger partial charge in [0.2, 0.25) is 5.91 Å². The number of rotatable bonds is 4. The van der Waals surface area contributed by atoms with E-state index in [4.69, 9.17) is 16.7 Å². The van der Waals surface area contributed by atoms with E-state index in [2.05, 4.69) is 10.6 Å². The third-order valence-corrected chi connectivity index (χ3v) is 4.43. The van der Waals surface area contributed by atoms with Crippen molar-refractivity contribution in [2.75, 3.05) is 12.4 Å². The van der Waals surface area contributed by atoms with E-state index >= 15 is 0 Å². The lowest BCUT2D eigenvalue weighted by Gasteiger charge is -2.25. The molecule has 1 fully saturated rings. The zero-order valence-electron chi connectivity index (χ0n) is 12.8. The summed E-state index contributed by atoms with van der Waals surface area (Å²) in [6.45, 7) is 0. The molecule has 0 saturated heterocycles. The summed E-state index contributed by atoms with van der Waals surface area (Å²) in [7, 11) is 1.50. The Bertz CT molecular complexity index is 633. The number of nitrogens with one attached hydrogen (secondary N) is 2. The van der Waals surface area contributed by atoms with Crippen LogP contribution in [0.3, 0.4) is 0 Å². The van der Waals surface area contributed by atoms with Crippen molar-refractivity contribution in [2.45, 2.75) is 25.7 Å². The lowest BCUT2D eigenvalue weighted by Crippen LogP contribution is -2.31. The second-order valence-electron chi connectivity index (χ2n) is 5.66. The smallest absolute Gasteiger partial charge is 0.306 e. The van der Waals surface area contributed by atoms with E-state index in [1.807, 2.05) is 0 Å². The summed E-state index contributed by atoms with van der Waals surface area (Å²) in [5.74, 6) is -2.21. The van der Waals surface area contributed by atoms with Crippen LogP contribution in [0.2, 0.25) is 5.02 Å². The van der Waals surface area contributed by atoms with Gasteiger partial charge < -0.3 is 15.7 Å². The Labute approximate surface area is 139 Å². The van der Waals surface area contributed by atoms with Gasteiger partial charge in [0.25, 0.3) is 5.91 Å². The maximum absolute atomic E-state index is 12.3. The van der Waals surface area contributed by atoms with E-state index in [1.54, 1.807) is 12.1 Å². The number of anilines is 1. The summed E-state index contributed by atoms with van der Waals surface area (Å²) in [5, 5.41) is 14.6. The first kappa shape index (κ1) is 17.3. The molecule has 0 radical (unpaired) electrons. The van der Waals surface area contributed by atoms with Gasteiger partial charge in [-0.2, -0.15) is 0 Å². The number of hydrogen-bond acceptors (Lipinski definition) is 3. The molecule has 7 heteroatoms. The molecule has 3 N–H and O–H groups in total. The average molecular weight is 339 g/mol. The number of hydrogen-bond donors (Lipinski definition) is 3. The standard InChI is InChI=1S/C16H19ClN2O4/c1-18-15(21)12-8-11(5-6-13(12)17)19-14(20)9-3-2-4-10(7-9)16(22)23/h5-6,8-10H,2-4,7H2,1H3,(H,18,21)(H,19,20)(H,22,23). The van der Waals surface area contributed by atoms with Gasteiger partial charge >= 0.3 is 5.97 Å². The number of carbonyl (C=O) groups is 3. The van der Waals surface area contributed by atoms with Crippen LogP contribution in [-0.2, 0) is 9.59 Å². The van der Waals surface area contributed by atoms with Crippen LogP contribution in [0.5, 0.6) is 0 Å². The van der Waals surface area contributed by atoms with Gasteiger partial charge in [-0.15, -0.1) is 0 Å². The number of halogens is 1. The highest BCUT2D eigenvalue weighted by atomic mass is 35.5. The monoisotopic (exact) mass is 338 g/mol. The fourth-order valence-corrected chi connectivity index (χ4v) is 3.01. The number of aliphatic carboxylic acids is 1. The van der Waals surface area contributed by atoms with Crippen molar-refractivity contribution < 1.29 is 19.5 Å². The number of carbonyl (C=O) groups excluding carboxylic acids is 2. The van der Waals surface area contributed by atoms with Crippen LogP contribution in [0, 0.1) is 11.8 Å². The summed E-state index contributed by atoms with van der Waals surface area (Å²) in [4.78, 5) is 35.1. The number of carboxylic acid groups (broad SMARTS) is 1. The van der Waals surface area contributed by atoms with Crippen molar-refractivity contribution in [3.05, 3.63) is 28.8 Å². The van der Waals surface area contributed by atoms with E-state index in [9.17, 15) is 14.4 Å². The molecule has 124 valence electrons. The van der Waals surface area contributed by atoms with Gasteiger partial charge in [-0.25, -0.2) is 0 Å². The van der Waals surface area contributed by atoms with Crippen LogP contribution in [-0.4, -0.2) is 29.9 Å². The fourth-order valence-electron chi connectivity index (χ4n) is 2.81. The van der Waals surface area contributed by atoms with Gasteiger partial charge in [-0.05, 0) is 37.5 Å². The fraction of sp³-hybridized carbons (Fsp3) is 0.438. The van der Waals surface area contributed by atoms with Crippen LogP contribution < -0.4 is 10.6 Å². The SMILES string of the molecule is CNC(=O)c1cc(NC(=O)C2CCCC(C(=O)O)C2)ccc1Cl. The Morgan fingerprint density at radius 1 is 1.22 bits per heavy atom. The minimum absolute atomic E-state index is 0.221. The molecule has 2 rings (SSSR count). The topological polar surface area (TPSA) is 95.5 Å². The third kappa shape index (κ3) is 4.22. The second kappa shape index (κ2) is 7.46. The molecule has 1 aliphatic rings. The van der Waals surface area contributed by atoms with Crippen molar-refractivity contribution in [3.8, 4) is 0 Å². The first-order valence-electron chi connectivity index (χ1n) is 7.47. The molecule has 2 unspecified atom stereocenters. The molecule has 6 nitrogen and oxygen atoms in total. The minimum Gasteiger partial charge on any atom is -0.481 e. The van der Waals surface area contributed by atoms with Crippen molar-refractivity contribution in [2.24, 2.45) is 11.8 Å². The maximum atomic E-state index is 12.3. The molecule has 1 saturated carbocycles. The molecule has 0 aromatic heterocycles. The molecular formula is C16H19ClN2O4. The Morgan fingerprint density at radius 2 is 1.91 bits per heavy atom. The molecule has 1 aromatic rings. The Balaban J connectivity index is 2.08. The zero-order valence-corrected chi connectivity index (χ0v) is 13.5. The average Bonchev–Trinajstić information content (AvgIpc) is 2.55. The molecule has 23 heavy (non-hydrogen) atoms. The van der Waals surface area contributed by atoms with E-state index in [0.717, 1.165) is 6.42 Å². The number of carboxylic acids is 1. The van der Waals surface area contributed by atoms with Crippen molar-refractivity contribution >= 4 is 35.1 Å². The number of benzene rings is 1. The van der Waals surface area contributed by atoms with Gasteiger partial charge in [0.05, 0.1) is 16.5 Å². The highest BCUT2D eigenvalue weighted by Gasteiger charge is 2.31. The first-order chi connectivity index (χ1) is 10.9. The summed E-state index contributed by atoms with van der Waals surface area (Å²) in [6.07, 6.45) is 2.35. The normalized spacial score (nSPS) is 20.6. The van der Waals surface area contributed by atoms with E-state index in [-0.39, 0.29) is 23.3 Å². The summed E-state index contributed by atoms with van der Waals surface area (Å²) < 4.78 is 0. The Hall–Kier alpha value is -2.08. The molecular weight excluding hydrogens is 320 g/mol. The maximum Gasteiger partial charge on any atom is 0.306 e. The molecule has 2 atom stereocenters. The molecule has 0 aliphatic heterocycles. The molecule has 2 amide bonds. The predicted octanol–water partition coefficient (Wildman–Crippen LogP) is 2.53. The lowest BCUT2D eigenvalue weighted by atomic mass is 9.81. The first-order valence-corrected chi connectivity index (χ1v) is 7.85. The highest BCUT2D eigenvalue weighted by Crippen LogP contribution is 2.30. The molecule has 1 aliphatic carbocycles. The zero-order chi connectivity index (χ0) is 17.0. The molecule has 1 aromatic carbocycles. The summed E-state index contributed by atoms with van der Waals surface area (Å²) in [6, 6.07) is 4.67. The van der Waals surface area contributed by atoms with Crippen LogP contribution in [0.15, 0.2) is 18.2 Å². The van der Waals surface area contributed by atoms with Gasteiger partial charge in [-0.1, -0.05) is 18.0 Å². The van der Waals surface area contributed by atoms with E-state index < -0.39 is 11.9 Å². The Kier molecular flexibility index (Phi) is 5.60. The third-order valence-electron chi connectivity index (χ3n) is 4.10. The van der Waals surface area contributed by atoms with Gasteiger partial charge in [0.1, 0.15) is 0 Å². The molecule has 0 spiro atoms. The largest absolute Gasteiger partial charge is 0.481 e. The van der Waals surface area contributed by atoms with Crippen LogP contribution in [0.25, 0.3) is 0 Å². The van der Waals surface area contributed by atoms with Crippen molar-refractivity contribution in [3.63, 3.8) is 0 Å². The highest BCUT2D eigenvalue weighted by molar-refractivity contribution is 6.34. The second-order valence-corrected chi connectivity index (χ2v) is 6.07. The molecule has 0 heterocycles. The van der Waals surface area contributed by atoms with Crippen molar-refractivity contribution in [1.82, 2.24) is 5.32 Å². The lowest BCUT2D eigenvalue weighted by molar-refractivity contribution is -0.143. The Morgan fingerprint density at radius 3 is 2.57 bits per heavy atom. The summed E-state index contributed by atoms with van der Waals surface area (Å²) in [5.41, 5.74) is 0.745. The molecule has 0 bridgehead atoms. The van der Waals surface area contributed by atoms with E-state index in [1.165, 1.54) is 13.1 Å². The van der Waals surface area contributed by atoms with Crippen LogP contribution >= 0.6 is 11.6 Å². The number of amides is 2. The van der Waals surface area contributed by atoms with Gasteiger partial charge in [-0.3, -0.25) is 14.4 Å². The summed E-state index contributed by atoms with van der Waals surface area (Å²) >= 11 is 5.97. The predicted molar refractivity (Wildman–Crippen MR) is 86.6 cm³/mol.